The fourth-order valence-electron chi connectivity index (χ4n) is 2.44. The number of hydrogen-bond acceptors (Lipinski definition) is 5. The summed E-state index contributed by atoms with van der Waals surface area (Å²) in [4.78, 5) is 4.18. The molecule has 0 bridgehead atoms. The topological polar surface area (TPSA) is 93.2 Å². The number of sulfone groups is 1. The van der Waals surface area contributed by atoms with Crippen LogP contribution in [-0.2, 0) is 19.9 Å². The summed E-state index contributed by atoms with van der Waals surface area (Å²) in [5.41, 5.74) is 1.89. The molecular formula is C17H22N2O4S2. The predicted molar refractivity (Wildman–Crippen MR) is 97.5 cm³/mol. The van der Waals surface area contributed by atoms with Crippen LogP contribution in [0.3, 0.4) is 0 Å². The number of sulfonamides is 1. The fraction of sp³-hybridized carbons (Fsp3) is 0.353. The van der Waals surface area contributed by atoms with Gasteiger partial charge in [-0.25, -0.2) is 21.6 Å². The van der Waals surface area contributed by atoms with Crippen molar-refractivity contribution >= 4 is 19.9 Å². The Morgan fingerprint density at radius 2 is 1.84 bits per heavy atom. The Morgan fingerprint density at radius 1 is 1.12 bits per heavy atom. The van der Waals surface area contributed by atoms with Gasteiger partial charge in [0, 0.05) is 18.9 Å². The summed E-state index contributed by atoms with van der Waals surface area (Å²) < 4.78 is 52.5. The van der Waals surface area contributed by atoms with Crippen molar-refractivity contribution in [2.75, 3.05) is 12.3 Å². The highest BCUT2D eigenvalue weighted by molar-refractivity contribution is 7.92. The Hall–Kier alpha value is -1.77. The van der Waals surface area contributed by atoms with Crippen molar-refractivity contribution in [1.29, 1.82) is 0 Å². The molecule has 0 aliphatic heterocycles. The maximum absolute atomic E-state index is 13.2. The summed E-state index contributed by atoms with van der Waals surface area (Å²) in [6.45, 7) is 4.80. The normalized spacial score (nSPS) is 13.6. The largest absolute Gasteiger partial charge is 0.264 e. The summed E-state index contributed by atoms with van der Waals surface area (Å²) in [6, 6.07) is 8.48. The van der Waals surface area contributed by atoms with Gasteiger partial charge in [0.25, 0.3) is 0 Å². The summed E-state index contributed by atoms with van der Waals surface area (Å²) in [7, 11) is -7.32. The molecule has 0 amide bonds. The SMILES string of the molecule is CCS(=O)(=O)NC[C@H](c1cccnc1)S(=O)(=O)c1cc(C)ccc1C. The third-order valence-electron chi connectivity index (χ3n) is 3.95. The summed E-state index contributed by atoms with van der Waals surface area (Å²) in [5, 5.41) is -1.05. The molecule has 0 unspecified atom stereocenters. The Labute approximate surface area is 149 Å². The molecular weight excluding hydrogens is 360 g/mol. The lowest BCUT2D eigenvalue weighted by molar-refractivity contribution is 0.568. The van der Waals surface area contributed by atoms with Crippen LogP contribution in [0.15, 0.2) is 47.6 Å². The lowest BCUT2D eigenvalue weighted by atomic mass is 10.2. The van der Waals surface area contributed by atoms with Gasteiger partial charge in [-0.1, -0.05) is 18.2 Å². The van der Waals surface area contributed by atoms with Crippen LogP contribution < -0.4 is 4.72 Å². The zero-order chi connectivity index (χ0) is 18.7. The molecule has 0 saturated carbocycles. The van der Waals surface area contributed by atoms with Crippen molar-refractivity contribution in [3.8, 4) is 0 Å². The predicted octanol–water partition coefficient (Wildman–Crippen LogP) is 2.15. The van der Waals surface area contributed by atoms with Crippen LogP contribution in [0.2, 0.25) is 0 Å². The van der Waals surface area contributed by atoms with E-state index in [0.29, 0.717) is 11.1 Å². The molecule has 6 nitrogen and oxygen atoms in total. The van der Waals surface area contributed by atoms with E-state index in [-0.39, 0.29) is 17.2 Å². The standard InChI is InChI=1S/C17H22N2O4S2/c1-4-24(20,21)19-12-17(15-6-5-9-18-11-15)25(22,23)16-10-13(2)7-8-14(16)3/h5-11,17,19H,4,12H2,1-3H3/t17-/m1/s1. The van der Waals surface area contributed by atoms with Gasteiger partial charge >= 0.3 is 0 Å². The first-order valence-corrected chi connectivity index (χ1v) is 11.1. The second-order valence-corrected chi connectivity index (χ2v) is 10.0. The summed E-state index contributed by atoms with van der Waals surface area (Å²) in [5.74, 6) is -0.115. The van der Waals surface area contributed by atoms with Gasteiger partial charge in [-0.3, -0.25) is 4.98 Å². The lowest BCUT2D eigenvalue weighted by Gasteiger charge is -2.20. The van der Waals surface area contributed by atoms with Crippen LogP contribution in [0.25, 0.3) is 0 Å². The summed E-state index contributed by atoms with van der Waals surface area (Å²) >= 11 is 0. The second-order valence-electron chi connectivity index (χ2n) is 5.84. The van der Waals surface area contributed by atoms with Crippen LogP contribution in [0, 0.1) is 13.8 Å². The molecule has 25 heavy (non-hydrogen) atoms. The monoisotopic (exact) mass is 382 g/mol. The van der Waals surface area contributed by atoms with E-state index in [1.165, 1.54) is 13.1 Å². The Kier molecular flexibility index (Phi) is 5.97. The number of rotatable bonds is 7. The Bertz CT molecular complexity index is 940. The van der Waals surface area contributed by atoms with Crippen LogP contribution in [-0.4, -0.2) is 34.1 Å². The molecule has 0 aliphatic rings. The molecule has 1 aromatic heterocycles. The first-order valence-electron chi connectivity index (χ1n) is 7.86. The highest BCUT2D eigenvalue weighted by Crippen LogP contribution is 2.30. The molecule has 2 aromatic rings. The maximum Gasteiger partial charge on any atom is 0.211 e. The molecule has 0 aliphatic carbocycles. The average Bonchev–Trinajstić information content (AvgIpc) is 2.58. The van der Waals surface area contributed by atoms with Gasteiger partial charge in [-0.05, 0) is 49.6 Å². The van der Waals surface area contributed by atoms with Gasteiger partial charge in [0.05, 0.1) is 10.6 Å². The van der Waals surface area contributed by atoms with Crippen molar-refractivity contribution in [2.45, 2.75) is 30.9 Å². The molecule has 8 heteroatoms. The molecule has 0 spiro atoms. The smallest absolute Gasteiger partial charge is 0.211 e. The van der Waals surface area contributed by atoms with Gasteiger partial charge in [-0.15, -0.1) is 0 Å². The van der Waals surface area contributed by atoms with Crippen molar-refractivity contribution in [3.05, 3.63) is 59.4 Å². The van der Waals surface area contributed by atoms with Crippen molar-refractivity contribution in [3.63, 3.8) is 0 Å². The Morgan fingerprint density at radius 3 is 2.44 bits per heavy atom. The maximum atomic E-state index is 13.2. The van der Waals surface area contributed by atoms with E-state index in [4.69, 9.17) is 0 Å². The average molecular weight is 383 g/mol. The van der Waals surface area contributed by atoms with Gasteiger partial charge in [0.15, 0.2) is 9.84 Å². The first kappa shape index (κ1) is 19.6. The van der Waals surface area contributed by atoms with Crippen molar-refractivity contribution in [2.24, 2.45) is 0 Å². The molecule has 136 valence electrons. The Balaban J connectivity index is 2.52. The lowest BCUT2D eigenvalue weighted by Crippen LogP contribution is -2.33. The number of hydrogen-bond donors (Lipinski definition) is 1. The minimum Gasteiger partial charge on any atom is -0.264 e. The molecule has 0 fully saturated rings. The van der Waals surface area contributed by atoms with Gasteiger partial charge in [0.1, 0.15) is 5.25 Å². The minimum atomic E-state index is -3.80. The van der Waals surface area contributed by atoms with E-state index in [1.54, 1.807) is 37.4 Å². The molecule has 0 saturated heterocycles. The van der Waals surface area contributed by atoms with Crippen LogP contribution in [0.5, 0.6) is 0 Å². The first-order chi connectivity index (χ1) is 11.7. The van der Waals surface area contributed by atoms with E-state index >= 15 is 0 Å². The molecule has 1 atom stereocenters. The number of benzene rings is 1. The summed E-state index contributed by atoms with van der Waals surface area (Å²) in [6.07, 6.45) is 2.99. The third kappa shape index (κ3) is 4.65. The van der Waals surface area contributed by atoms with Crippen LogP contribution in [0.4, 0.5) is 0 Å². The molecule has 1 heterocycles. The van der Waals surface area contributed by atoms with Crippen molar-refractivity contribution < 1.29 is 16.8 Å². The van der Waals surface area contributed by atoms with Gasteiger partial charge in [-0.2, -0.15) is 0 Å². The van der Waals surface area contributed by atoms with E-state index in [9.17, 15) is 16.8 Å². The quantitative estimate of drug-likeness (QED) is 0.792. The highest BCUT2D eigenvalue weighted by atomic mass is 32.2. The molecule has 1 N–H and O–H groups in total. The van der Waals surface area contributed by atoms with Crippen molar-refractivity contribution in [1.82, 2.24) is 9.71 Å². The van der Waals surface area contributed by atoms with Gasteiger partial charge < -0.3 is 0 Å². The number of aryl methyl sites for hydroxylation is 2. The van der Waals surface area contributed by atoms with Gasteiger partial charge in [0.2, 0.25) is 10.0 Å². The molecule has 1 aromatic carbocycles. The van der Waals surface area contributed by atoms with Crippen LogP contribution >= 0.6 is 0 Å². The zero-order valence-corrected chi connectivity index (χ0v) is 16.1. The molecule has 2 rings (SSSR count). The number of pyridine rings is 1. The van der Waals surface area contributed by atoms with E-state index in [1.807, 2.05) is 13.0 Å². The highest BCUT2D eigenvalue weighted by Gasteiger charge is 2.31. The number of nitrogens with zero attached hydrogens (tertiary/aromatic N) is 1. The fourth-order valence-corrected chi connectivity index (χ4v) is 5.15. The number of aromatic nitrogens is 1. The zero-order valence-electron chi connectivity index (χ0n) is 14.4. The number of nitrogens with one attached hydrogen (secondary N) is 1. The van der Waals surface area contributed by atoms with Crippen LogP contribution in [0.1, 0.15) is 28.9 Å². The van der Waals surface area contributed by atoms with E-state index in [2.05, 4.69) is 9.71 Å². The van der Waals surface area contributed by atoms with E-state index in [0.717, 1.165) is 5.56 Å². The molecule has 0 radical (unpaired) electrons. The van der Waals surface area contributed by atoms with E-state index < -0.39 is 25.1 Å². The third-order valence-corrected chi connectivity index (χ3v) is 7.56. The second kappa shape index (κ2) is 7.63. The minimum absolute atomic E-state index is 0.115.